The van der Waals surface area contributed by atoms with Crippen LogP contribution in [0.3, 0.4) is 0 Å². The summed E-state index contributed by atoms with van der Waals surface area (Å²) in [7, 11) is 0. The molecule has 1 N–H and O–H groups in total. The van der Waals surface area contributed by atoms with Crippen LogP contribution in [0.15, 0.2) is 97.5 Å². The first-order chi connectivity index (χ1) is 11.1. The van der Waals surface area contributed by atoms with Gasteiger partial charge in [0.05, 0.1) is 0 Å². The molecule has 0 amide bonds. The topological polar surface area (TPSA) is 21.3 Å². The SMILES string of the molecule is C=C/C=C(\C=C)Oc1cccc(CNC(/C=C(/C)C=C)=C/C)c1. The fourth-order valence-corrected chi connectivity index (χ4v) is 1.86. The summed E-state index contributed by atoms with van der Waals surface area (Å²) in [5.41, 5.74) is 3.31. The molecule has 1 aromatic carbocycles. The minimum absolute atomic E-state index is 0.670. The second-order valence-electron chi connectivity index (χ2n) is 4.95. The van der Waals surface area contributed by atoms with Crippen molar-refractivity contribution in [3.8, 4) is 5.75 Å². The quantitative estimate of drug-likeness (QED) is 0.484. The Balaban J connectivity index is 2.77. The van der Waals surface area contributed by atoms with E-state index in [4.69, 9.17) is 4.74 Å². The summed E-state index contributed by atoms with van der Waals surface area (Å²) < 4.78 is 5.76. The number of hydrogen-bond acceptors (Lipinski definition) is 2. The van der Waals surface area contributed by atoms with Crippen LogP contribution in [0.1, 0.15) is 19.4 Å². The minimum atomic E-state index is 0.670. The van der Waals surface area contributed by atoms with Crippen LogP contribution in [-0.2, 0) is 6.54 Å². The van der Waals surface area contributed by atoms with Gasteiger partial charge in [0.15, 0.2) is 0 Å². The van der Waals surface area contributed by atoms with Gasteiger partial charge >= 0.3 is 0 Å². The van der Waals surface area contributed by atoms with E-state index >= 15 is 0 Å². The highest BCUT2D eigenvalue weighted by atomic mass is 16.5. The fourth-order valence-electron chi connectivity index (χ4n) is 1.86. The van der Waals surface area contributed by atoms with Gasteiger partial charge in [0.2, 0.25) is 0 Å². The Morgan fingerprint density at radius 1 is 1.22 bits per heavy atom. The van der Waals surface area contributed by atoms with Crippen molar-refractivity contribution in [2.24, 2.45) is 0 Å². The maximum absolute atomic E-state index is 5.76. The van der Waals surface area contributed by atoms with E-state index < -0.39 is 0 Å². The Hall–Kier alpha value is -2.74. The lowest BCUT2D eigenvalue weighted by atomic mass is 10.2. The Morgan fingerprint density at radius 2 is 2.00 bits per heavy atom. The molecule has 0 aromatic heterocycles. The second-order valence-corrected chi connectivity index (χ2v) is 4.95. The van der Waals surface area contributed by atoms with E-state index in [2.05, 4.69) is 37.2 Å². The number of rotatable bonds is 9. The average Bonchev–Trinajstić information content (AvgIpc) is 2.58. The smallest absolute Gasteiger partial charge is 0.127 e. The van der Waals surface area contributed by atoms with Crippen LogP contribution in [0.5, 0.6) is 5.75 Å². The molecule has 0 saturated heterocycles. The zero-order valence-electron chi connectivity index (χ0n) is 14.0. The van der Waals surface area contributed by atoms with Crippen LogP contribution in [0.4, 0.5) is 0 Å². The molecule has 0 spiro atoms. The van der Waals surface area contributed by atoms with E-state index in [0.29, 0.717) is 12.3 Å². The molecule has 0 saturated carbocycles. The summed E-state index contributed by atoms with van der Waals surface area (Å²) >= 11 is 0. The van der Waals surface area contributed by atoms with E-state index in [-0.39, 0.29) is 0 Å². The fraction of sp³-hybridized carbons (Fsp3) is 0.143. The van der Waals surface area contributed by atoms with Gasteiger partial charge in [-0.2, -0.15) is 0 Å². The van der Waals surface area contributed by atoms with Gasteiger partial charge in [0, 0.05) is 12.2 Å². The van der Waals surface area contributed by atoms with Gasteiger partial charge in [-0.3, -0.25) is 0 Å². The highest BCUT2D eigenvalue weighted by molar-refractivity contribution is 5.33. The third kappa shape index (κ3) is 6.70. The Bertz CT molecular complexity index is 648. The van der Waals surface area contributed by atoms with E-state index in [1.165, 1.54) is 0 Å². The molecule has 1 aromatic rings. The van der Waals surface area contributed by atoms with E-state index in [0.717, 1.165) is 22.6 Å². The lowest BCUT2D eigenvalue weighted by Gasteiger charge is -2.10. The maximum Gasteiger partial charge on any atom is 0.127 e. The lowest BCUT2D eigenvalue weighted by molar-refractivity contribution is 0.444. The number of hydrogen-bond donors (Lipinski definition) is 1. The first-order valence-corrected chi connectivity index (χ1v) is 7.55. The monoisotopic (exact) mass is 307 g/mol. The molecular formula is C21H25NO. The van der Waals surface area contributed by atoms with Crippen LogP contribution >= 0.6 is 0 Å². The Kier molecular flexibility index (Phi) is 8.01. The van der Waals surface area contributed by atoms with E-state index in [1.807, 2.05) is 44.2 Å². The number of allylic oxidation sites excluding steroid dienone is 7. The zero-order valence-corrected chi connectivity index (χ0v) is 14.0. The predicted molar refractivity (Wildman–Crippen MR) is 100 cm³/mol. The van der Waals surface area contributed by atoms with Gasteiger partial charge < -0.3 is 10.1 Å². The molecule has 0 radical (unpaired) electrons. The van der Waals surface area contributed by atoms with Gasteiger partial charge in [-0.25, -0.2) is 0 Å². The maximum atomic E-state index is 5.76. The average molecular weight is 307 g/mol. The van der Waals surface area contributed by atoms with E-state index in [9.17, 15) is 0 Å². The van der Waals surface area contributed by atoms with Crippen molar-refractivity contribution in [2.45, 2.75) is 20.4 Å². The van der Waals surface area contributed by atoms with Gasteiger partial charge in [-0.15, -0.1) is 0 Å². The molecule has 0 unspecified atom stereocenters. The molecule has 0 aliphatic rings. The molecule has 2 nitrogen and oxygen atoms in total. The second kappa shape index (κ2) is 10.1. The molecule has 0 heterocycles. The standard InChI is InChI=1S/C21H25NO/c1-6-11-20(9-4)23-21-13-10-12-18(15-21)16-22-19(8-3)14-17(5)7-2/h6-15,22H,1-2,4,16H2,3,5H3/b17-14-,19-8+,20-11+. The van der Waals surface area contributed by atoms with Gasteiger partial charge in [0.25, 0.3) is 0 Å². The van der Waals surface area contributed by atoms with Crippen molar-refractivity contribution in [2.75, 3.05) is 0 Å². The molecule has 120 valence electrons. The minimum Gasteiger partial charge on any atom is -0.457 e. The summed E-state index contributed by atoms with van der Waals surface area (Å²) in [6.45, 7) is 15.9. The van der Waals surface area contributed by atoms with Crippen molar-refractivity contribution in [3.63, 3.8) is 0 Å². The zero-order chi connectivity index (χ0) is 17.1. The molecule has 1 rings (SSSR count). The summed E-state index contributed by atoms with van der Waals surface area (Å²) in [6.07, 6.45) is 11.1. The van der Waals surface area contributed by atoms with Crippen molar-refractivity contribution < 1.29 is 4.74 Å². The van der Waals surface area contributed by atoms with E-state index in [1.54, 1.807) is 18.2 Å². The molecule has 23 heavy (non-hydrogen) atoms. The predicted octanol–water partition coefficient (Wildman–Crippen LogP) is 5.45. The highest BCUT2D eigenvalue weighted by Gasteiger charge is 2.00. The lowest BCUT2D eigenvalue weighted by Crippen LogP contribution is -2.11. The van der Waals surface area contributed by atoms with Crippen LogP contribution < -0.4 is 10.1 Å². The molecule has 0 aliphatic carbocycles. The Morgan fingerprint density at radius 3 is 2.61 bits per heavy atom. The largest absolute Gasteiger partial charge is 0.457 e. The third-order valence-corrected chi connectivity index (χ3v) is 3.13. The Labute approximate surface area is 139 Å². The van der Waals surface area contributed by atoms with Gasteiger partial charge in [-0.05, 0) is 55.3 Å². The summed E-state index contributed by atoms with van der Waals surface area (Å²) in [6, 6.07) is 7.95. The van der Waals surface area contributed by atoms with Gasteiger partial charge in [0.1, 0.15) is 11.5 Å². The van der Waals surface area contributed by atoms with Crippen LogP contribution in [0.2, 0.25) is 0 Å². The first-order valence-electron chi connectivity index (χ1n) is 7.55. The summed E-state index contributed by atoms with van der Waals surface area (Å²) in [5, 5.41) is 3.40. The molecule has 0 aliphatic heterocycles. The van der Waals surface area contributed by atoms with Crippen LogP contribution in [-0.4, -0.2) is 0 Å². The summed E-state index contributed by atoms with van der Waals surface area (Å²) in [4.78, 5) is 0. The third-order valence-electron chi connectivity index (χ3n) is 3.13. The number of nitrogens with one attached hydrogen (secondary N) is 1. The molecule has 0 fully saturated rings. The molecule has 0 bridgehead atoms. The molecular weight excluding hydrogens is 282 g/mol. The molecule has 2 heteroatoms. The van der Waals surface area contributed by atoms with Crippen molar-refractivity contribution in [1.82, 2.24) is 5.32 Å². The van der Waals surface area contributed by atoms with Crippen molar-refractivity contribution in [1.29, 1.82) is 0 Å². The number of benzene rings is 1. The first kappa shape index (κ1) is 18.3. The molecule has 0 atom stereocenters. The van der Waals surface area contributed by atoms with Gasteiger partial charge in [-0.1, -0.05) is 50.1 Å². The summed E-state index contributed by atoms with van der Waals surface area (Å²) in [5.74, 6) is 1.45. The number of ether oxygens (including phenoxy) is 1. The van der Waals surface area contributed by atoms with Crippen molar-refractivity contribution in [3.05, 3.63) is 103 Å². The highest BCUT2D eigenvalue weighted by Crippen LogP contribution is 2.17. The van der Waals surface area contributed by atoms with Crippen molar-refractivity contribution >= 4 is 0 Å². The van der Waals surface area contributed by atoms with Crippen LogP contribution in [0, 0.1) is 0 Å². The van der Waals surface area contributed by atoms with Crippen LogP contribution in [0.25, 0.3) is 0 Å². The normalized spacial score (nSPS) is 12.5.